The predicted molar refractivity (Wildman–Crippen MR) is 44.3 cm³/mol. The molecule has 2 heterocycles. The zero-order valence-corrected chi connectivity index (χ0v) is 6.36. The first kappa shape index (κ1) is 7.32. The number of imidazole rings is 1. The summed E-state index contributed by atoms with van der Waals surface area (Å²) in [6, 6.07) is 0. The van der Waals surface area contributed by atoms with Crippen molar-refractivity contribution in [1.82, 2.24) is 19.6 Å². The third kappa shape index (κ3) is 1.01. The van der Waals surface area contributed by atoms with Crippen LogP contribution in [0.2, 0.25) is 0 Å². The number of nitrogens with zero attached hydrogens (tertiary/aromatic N) is 7. The van der Waals surface area contributed by atoms with Crippen LogP contribution in [0.3, 0.4) is 0 Å². The maximum absolute atomic E-state index is 8.20. The lowest BCUT2D eigenvalue weighted by molar-refractivity contribution is 0.875. The molecule has 8 heteroatoms. The largest absolute Gasteiger partial charge is 0.382 e. The number of nitrogen functional groups attached to an aromatic ring is 1. The summed E-state index contributed by atoms with van der Waals surface area (Å²) < 4.78 is 1.19. The minimum atomic E-state index is 0.261. The number of azide groups is 1. The molecule has 0 fully saturated rings. The second-order valence-electron chi connectivity index (χ2n) is 2.20. The van der Waals surface area contributed by atoms with Crippen molar-refractivity contribution >= 4 is 17.0 Å². The molecule has 0 saturated heterocycles. The second-order valence-corrected chi connectivity index (χ2v) is 2.20. The van der Waals surface area contributed by atoms with Gasteiger partial charge in [0.2, 0.25) is 0 Å². The maximum atomic E-state index is 8.20. The molecule has 8 nitrogen and oxygen atoms in total. The molecule has 2 aromatic rings. The van der Waals surface area contributed by atoms with E-state index < -0.39 is 0 Å². The molecule has 0 atom stereocenters. The van der Waals surface area contributed by atoms with E-state index in [1.54, 1.807) is 0 Å². The van der Waals surface area contributed by atoms with Crippen molar-refractivity contribution in [1.29, 1.82) is 0 Å². The molecule has 2 N–H and O–H groups in total. The molecule has 0 spiro atoms. The Bertz CT molecular complexity index is 492. The molecular formula is C5H4N8. The predicted octanol–water partition coefficient (Wildman–Crippen LogP) is 0.482. The molecule has 0 amide bonds. The van der Waals surface area contributed by atoms with E-state index in [2.05, 4.69) is 25.1 Å². The first-order valence-corrected chi connectivity index (χ1v) is 3.32. The van der Waals surface area contributed by atoms with Crippen molar-refractivity contribution in [3.05, 3.63) is 23.1 Å². The van der Waals surface area contributed by atoms with Gasteiger partial charge in [0.05, 0.1) is 0 Å². The first-order valence-electron chi connectivity index (χ1n) is 3.32. The van der Waals surface area contributed by atoms with Crippen LogP contribution in [0.5, 0.6) is 0 Å². The highest BCUT2D eigenvalue weighted by atomic mass is 15.5. The van der Waals surface area contributed by atoms with E-state index >= 15 is 0 Å². The average molecular weight is 176 g/mol. The number of hydrogen-bond acceptors (Lipinski definition) is 5. The monoisotopic (exact) mass is 176 g/mol. The van der Waals surface area contributed by atoms with Gasteiger partial charge in [-0.05, 0) is 5.22 Å². The highest BCUT2D eigenvalue weighted by Crippen LogP contribution is 2.13. The Morgan fingerprint density at radius 1 is 1.46 bits per heavy atom. The third-order valence-electron chi connectivity index (χ3n) is 1.48. The van der Waals surface area contributed by atoms with Crippen LogP contribution in [0.1, 0.15) is 0 Å². The SMILES string of the molecule is [N-]=[N+]=Nn1cnc2c(N)ncnc21. The second kappa shape index (κ2) is 2.61. The van der Waals surface area contributed by atoms with E-state index in [1.165, 1.54) is 17.3 Å². The van der Waals surface area contributed by atoms with Crippen molar-refractivity contribution in [2.24, 2.45) is 5.22 Å². The zero-order valence-electron chi connectivity index (χ0n) is 6.36. The van der Waals surface area contributed by atoms with Gasteiger partial charge in [0.15, 0.2) is 17.7 Å². The van der Waals surface area contributed by atoms with Gasteiger partial charge in [-0.25, -0.2) is 9.97 Å². The minimum absolute atomic E-state index is 0.261. The quantitative estimate of drug-likeness (QED) is 0.386. The summed E-state index contributed by atoms with van der Waals surface area (Å²) in [6.45, 7) is 0. The average Bonchev–Trinajstić information content (AvgIpc) is 2.51. The Hall–Kier alpha value is -2.34. The highest BCUT2D eigenvalue weighted by Gasteiger charge is 2.09. The number of anilines is 1. The first-order chi connectivity index (χ1) is 6.33. The lowest BCUT2D eigenvalue weighted by atomic mass is 10.5. The number of nitrogens with two attached hydrogens (primary N) is 1. The van der Waals surface area contributed by atoms with Crippen molar-refractivity contribution in [3.63, 3.8) is 0 Å². The van der Waals surface area contributed by atoms with Crippen LogP contribution in [-0.4, -0.2) is 19.6 Å². The molecule has 0 aliphatic heterocycles. The lowest BCUT2D eigenvalue weighted by Crippen LogP contribution is -1.93. The molecule has 2 aromatic heterocycles. The molecule has 0 aliphatic carbocycles. The molecule has 13 heavy (non-hydrogen) atoms. The molecular weight excluding hydrogens is 172 g/mol. The number of fused-ring (bicyclic) bond motifs is 1. The van der Waals surface area contributed by atoms with Crippen molar-refractivity contribution < 1.29 is 0 Å². The van der Waals surface area contributed by atoms with Crippen LogP contribution in [0.25, 0.3) is 21.6 Å². The van der Waals surface area contributed by atoms with Crippen LogP contribution in [0, 0.1) is 0 Å². The van der Waals surface area contributed by atoms with Crippen LogP contribution < -0.4 is 5.73 Å². The van der Waals surface area contributed by atoms with Crippen molar-refractivity contribution in [2.75, 3.05) is 5.73 Å². The molecule has 0 aromatic carbocycles. The van der Waals surface area contributed by atoms with Gasteiger partial charge in [-0.15, -0.1) is 10.2 Å². The normalized spacial score (nSPS) is 9.85. The Morgan fingerprint density at radius 2 is 2.31 bits per heavy atom. The van der Waals surface area contributed by atoms with Crippen LogP contribution in [-0.2, 0) is 0 Å². The van der Waals surface area contributed by atoms with Crippen LogP contribution in [0.15, 0.2) is 17.9 Å². The Kier molecular flexibility index (Phi) is 1.47. The summed E-state index contributed by atoms with van der Waals surface area (Å²) in [5, 5.41) is 3.32. The number of hydrogen-bond donors (Lipinski definition) is 1. The van der Waals surface area contributed by atoms with E-state index in [9.17, 15) is 0 Å². The highest BCUT2D eigenvalue weighted by molar-refractivity contribution is 5.80. The van der Waals surface area contributed by atoms with Gasteiger partial charge in [0.25, 0.3) is 5.65 Å². The van der Waals surface area contributed by atoms with Crippen LogP contribution in [0.4, 0.5) is 5.82 Å². The smallest absolute Gasteiger partial charge is 0.261 e. The molecule has 0 bridgehead atoms. The third-order valence-corrected chi connectivity index (χ3v) is 1.48. The summed E-state index contributed by atoms with van der Waals surface area (Å²) in [6.07, 6.45) is 2.61. The van der Waals surface area contributed by atoms with Gasteiger partial charge in [0, 0.05) is 0 Å². The van der Waals surface area contributed by atoms with Gasteiger partial charge in [-0.3, -0.25) is 0 Å². The summed E-state index contributed by atoms with van der Waals surface area (Å²) in [5.74, 6) is 0.261. The molecule has 2 rings (SSSR count). The number of aromatic nitrogens is 4. The van der Waals surface area contributed by atoms with Gasteiger partial charge in [-0.2, -0.15) is 9.90 Å². The van der Waals surface area contributed by atoms with E-state index in [0.717, 1.165) is 0 Å². The Balaban J connectivity index is 2.82. The Morgan fingerprint density at radius 3 is 3.08 bits per heavy atom. The van der Waals surface area contributed by atoms with E-state index in [1.807, 2.05) is 0 Å². The maximum Gasteiger partial charge on any atom is 0.261 e. The van der Waals surface area contributed by atoms with Gasteiger partial charge in [0.1, 0.15) is 6.33 Å². The van der Waals surface area contributed by atoms with E-state index in [-0.39, 0.29) is 5.82 Å². The molecule has 0 saturated carbocycles. The summed E-state index contributed by atoms with van der Waals surface area (Å²) in [4.78, 5) is 14.1. The molecule has 0 radical (unpaired) electrons. The van der Waals surface area contributed by atoms with Gasteiger partial charge in [-0.1, -0.05) is 0 Å². The topological polar surface area (TPSA) is 118 Å². The van der Waals surface area contributed by atoms with Gasteiger partial charge >= 0.3 is 0 Å². The van der Waals surface area contributed by atoms with E-state index in [0.29, 0.717) is 11.2 Å². The number of rotatable bonds is 1. The van der Waals surface area contributed by atoms with E-state index in [4.69, 9.17) is 11.3 Å². The fraction of sp³-hybridized carbons (Fsp3) is 0. The molecule has 64 valence electrons. The fourth-order valence-electron chi connectivity index (χ4n) is 0.950. The van der Waals surface area contributed by atoms with Crippen LogP contribution >= 0.6 is 0 Å². The lowest BCUT2D eigenvalue weighted by Gasteiger charge is -1.89. The summed E-state index contributed by atoms with van der Waals surface area (Å²) >= 11 is 0. The molecule has 0 unspecified atom stereocenters. The van der Waals surface area contributed by atoms with Gasteiger partial charge < -0.3 is 5.73 Å². The zero-order chi connectivity index (χ0) is 9.26. The molecule has 0 aliphatic rings. The Labute approximate surface area is 71.6 Å². The summed E-state index contributed by atoms with van der Waals surface area (Å²) in [5.41, 5.74) is 14.5. The van der Waals surface area contributed by atoms with Crippen molar-refractivity contribution in [3.8, 4) is 0 Å². The van der Waals surface area contributed by atoms with Crippen molar-refractivity contribution in [2.45, 2.75) is 0 Å². The minimum Gasteiger partial charge on any atom is -0.382 e. The fourth-order valence-corrected chi connectivity index (χ4v) is 0.950. The standard InChI is InChI=1S/C5H4N8/c6-4-3-5(9-1-8-4)13(2-10-3)12-11-7/h1-2H,(H2,6,8,9). The summed E-state index contributed by atoms with van der Waals surface area (Å²) in [7, 11) is 0.